The second-order valence-electron chi connectivity index (χ2n) is 4.42. The topological polar surface area (TPSA) is 46.6 Å². The maximum atomic E-state index is 11.9. The second kappa shape index (κ2) is 7.85. The molecule has 1 amide bonds. The van der Waals surface area contributed by atoms with Gasteiger partial charge in [-0.05, 0) is 41.9 Å². The van der Waals surface area contributed by atoms with Crippen LogP contribution in [0.3, 0.4) is 0 Å². The van der Waals surface area contributed by atoms with Crippen molar-refractivity contribution in [1.82, 2.24) is 4.90 Å². The maximum Gasteiger partial charge on any atom is 0.339 e. The van der Waals surface area contributed by atoms with E-state index < -0.39 is 5.97 Å². The van der Waals surface area contributed by atoms with Crippen molar-refractivity contribution >= 4 is 27.8 Å². The van der Waals surface area contributed by atoms with Crippen molar-refractivity contribution in [3.8, 4) is 0 Å². The number of amides is 1. The van der Waals surface area contributed by atoms with Gasteiger partial charge in [-0.2, -0.15) is 0 Å². The summed E-state index contributed by atoms with van der Waals surface area (Å²) in [4.78, 5) is 25.4. The van der Waals surface area contributed by atoms with E-state index in [1.807, 2.05) is 13.8 Å². The zero-order chi connectivity index (χ0) is 15.1. The molecule has 1 aromatic carbocycles. The summed E-state index contributed by atoms with van der Waals surface area (Å²) in [6.07, 6.45) is 0. The van der Waals surface area contributed by atoms with Crippen LogP contribution in [0.15, 0.2) is 40.9 Å². The van der Waals surface area contributed by atoms with Gasteiger partial charge in [-0.3, -0.25) is 4.79 Å². The Balaban J connectivity index is 2.58. The largest absolute Gasteiger partial charge is 0.452 e. The van der Waals surface area contributed by atoms with Gasteiger partial charge in [0, 0.05) is 17.6 Å². The molecule has 4 nitrogen and oxygen atoms in total. The van der Waals surface area contributed by atoms with Gasteiger partial charge in [0.05, 0.1) is 5.56 Å². The number of esters is 1. The average Bonchev–Trinajstić information content (AvgIpc) is 2.42. The second-order valence-corrected chi connectivity index (χ2v) is 5.28. The normalized spacial score (nSPS) is 9.95. The van der Waals surface area contributed by atoms with Crippen molar-refractivity contribution in [3.63, 3.8) is 0 Å². The number of halogens is 1. The summed E-state index contributed by atoms with van der Waals surface area (Å²) in [6.45, 7) is 8.26. The van der Waals surface area contributed by atoms with Crippen molar-refractivity contribution in [1.29, 1.82) is 0 Å². The number of benzene rings is 1. The molecule has 108 valence electrons. The third-order valence-corrected chi connectivity index (χ3v) is 3.31. The Hall–Kier alpha value is -1.62. The van der Waals surface area contributed by atoms with Crippen LogP contribution in [0.4, 0.5) is 0 Å². The van der Waals surface area contributed by atoms with Gasteiger partial charge < -0.3 is 9.64 Å². The predicted molar refractivity (Wildman–Crippen MR) is 81.5 cm³/mol. The molecule has 0 radical (unpaired) electrons. The van der Waals surface area contributed by atoms with Crippen molar-refractivity contribution in [2.24, 2.45) is 0 Å². The lowest BCUT2D eigenvalue weighted by Crippen LogP contribution is -2.35. The highest BCUT2D eigenvalue weighted by Gasteiger charge is 2.16. The van der Waals surface area contributed by atoms with Crippen LogP contribution in [0.25, 0.3) is 0 Å². The molecule has 20 heavy (non-hydrogen) atoms. The molecule has 0 unspecified atom stereocenters. The molecule has 1 rings (SSSR count). The highest BCUT2D eigenvalue weighted by molar-refractivity contribution is 9.10. The number of carbonyl (C=O) groups is 2. The molecule has 0 aliphatic rings. The third kappa shape index (κ3) is 4.81. The van der Waals surface area contributed by atoms with E-state index in [1.165, 1.54) is 0 Å². The number of rotatable bonds is 6. The first-order valence-electron chi connectivity index (χ1n) is 6.29. The van der Waals surface area contributed by atoms with Crippen molar-refractivity contribution in [2.45, 2.75) is 13.8 Å². The Labute approximate surface area is 127 Å². The molecule has 0 aromatic heterocycles. The Bertz CT molecular complexity index is 514. The standard InChI is InChI=1S/C15H18BrNO3/c1-4-17(9-11(2)3)14(18)10-20-15(19)12-7-5-6-8-13(12)16/h5-8H,2,4,9-10H2,1,3H3. The molecule has 0 fully saturated rings. The monoisotopic (exact) mass is 339 g/mol. The van der Waals surface area contributed by atoms with Crippen molar-refractivity contribution < 1.29 is 14.3 Å². The fourth-order valence-corrected chi connectivity index (χ4v) is 2.07. The SMILES string of the molecule is C=C(C)CN(CC)C(=O)COC(=O)c1ccccc1Br. The molecular weight excluding hydrogens is 322 g/mol. The lowest BCUT2D eigenvalue weighted by Gasteiger charge is -2.20. The molecule has 0 aliphatic carbocycles. The Kier molecular flexibility index (Phi) is 6.45. The smallest absolute Gasteiger partial charge is 0.339 e. The Morgan fingerprint density at radius 2 is 2.00 bits per heavy atom. The zero-order valence-electron chi connectivity index (χ0n) is 11.7. The van der Waals surface area contributed by atoms with Crippen LogP contribution in [0, 0.1) is 0 Å². The fraction of sp³-hybridized carbons (Fsp3) is 0.333. The van der Waals surface area contributed by atoms with Gasteiger partial charge in [0.15, 0.2) is 6.61 Å². The Morgan fingerprint density at radius 1 is 1.35 bits per heavy atom. The molecule has 0 saturated carbocycles. The summed E-state index contributed by atoms with van der Waals surface area (Å²) in [5, 5.41) is 0. The number of nitrogens with zero attached hydrogens (tertiary/aromatic N) is 1. The summed E-state index contributed by atoms with van der Waals surface area (Å²) in [5.74, 6) is -0.742. The summed E-state index contributed by atoms with van der Waals surface area (Å²) >= 11 is 3.27. The summed E-state index contributed by atoms with van der Waals surface area (Å²) in [6, 6.07) is 6.93. The van der Waals surface area contributed by atoms with E-state index in [-0.39, 0.29) is 12.5 Å². The highest BCUT2D eigenvalue weighted by atomic mass is 79.9. The number of hydrogen-bond acceptors (Lipinski definition) is 3. The number of carbonyl (C=O) groups excluding carboxylic acids is 2. The summed E-state index contributed by atoms with van der Waals surface area (Å²) < 4.78 is 5.69. The lowest BCUT2D eigenvalue weighted by molar-refractivity contribution is -0.133. The zero-order valence-corrected chi connectivity index (χ0v) is 13.3. The summed E-state index contributed by atoms with van der Waals surface area (Å²) in [7, 11) is 0. The molecule has 0 spiro atoms. The first-order chi connectivity index (χ1) is 9.45. The summed E-state index contributed by atoms with van der Waals surface area (Å²) in [5.41, 5.74) is 1.29. The van der Waals surface area contributed by atoms with E-state index >= 15 is 0 Å². The van der Waals surface area contributed by atoms with E-state index in [1.54, 1.807) is 29.2 Å². The van der Waals surface area contributed by atoms with Gasteiger partial charge in [0.25, 0.3) is 5.91 Å². The molecule has 0 heterocycles. The van der Waals surface area contributed by atoms with E-state index in [0.29, 0.717) is 23.1 Å². The number of likely N-dealkylation sites (N-methyl/N-ethyl adjacent to an activating group) is 1. The Morgan fingerprint density at radius 3 is 2.55 bits per heavy atom. The first kappa shape index (κ1) is 16.4. The number of ether oxygens (including phenoxy) is 1. The molecule has 0 saturated heterocycles. The third-order valence-electron chi connectivity index (χ3n) is 2.62. The van der Waals surface area contributed by atoms with Gasteiger partial charge in [-0.25, -0.2) is 4.79 Å². The molecular formula is C15H18BrNO3. The maximum absolute atomic E-state index is 11.9. The predicted octanol–water partition coefficient (Wildman–Crippen LogP) is 3.03. The fourth-order valence-electron chi connectivity index (χ4n) is 1.63. The van der Waals surface area contributed by atoms with Crippen LogP contribution >= 0.6 is 15.9 Å². The lowest BCUT2D eigenvalue weighted by atomic mass is 10.2. The van der Waals surface area contributed by atoms with Gasteiger partial charge in [0.1, 0.15) is 0 Å². The van der Waals surface area contributed by atoms with Crippen LogP contribution in [0.1, 0.15) is 24.2 Å². The van der Waals surface area contributed by atoms with E-state index in [0.717, 1.165) is 5.57 Å². The van der Waals surface area contributed by atoms with Gasteiger partial charge >= 0.3 is 5.97 Å². The number of hydrogen-bond donors (Lipinski definition) is 0. The van der Waals surface area contributed by atoms with Crippen LogP contribution in [0.2, 0.25) is 0 Å². The van der Waals surface area contributed by atoms with Crippen LogP contribution in [-0.4, -0.2) is 36.5 Å². The quantitative estimate of drug-likeness (QED) is 0.591. The minimum absolute atomic E-state index is 0.226. The van der Waals surface area contributed by atoms with Crippen LogP contribution in [-0.2, 0) is 9.53 Å². The molecule has 0 N–H and O–H groups in total. The van der Waals surface area contributed by atoms with Crippen LogP contribution in [0.5, 0.6) is 0 Å². The molecule has 0 atom stereocenters. The average molecular weight is 340 g/mol. The minimum atomic E-state index is -0.516. The minimum Gasteiger partial charge on any atom is -0.452 e. The molecule has 0 bridgehead atoms. The van der Waals surface area contributed by atoms with E-state index in [9.17, 15) is 9.59 Å². The first-order valence-corrected chi connectivity index (χ1v) is 7.08. The van der Waals surface area contributed by atoms with Gasteiger partial charge in [0.2, 0.25) is 0 Å². The molecule has 1 aromatic rings. The van der Waals surface area contributed by atoms with Crippen LogP contribution < -0.4 is 0 Å². The highest BCUT2D eigenvalue weighted by Crippen LogP contribution is 2.16. The molecule has 5 heteroatoms. The van der Waals surface area contributed by atoms with Crippen molar-refractivity contribution in [2.75, 3.05) is 19.7 Å². The van der Waals surface area contributed by atoms with E-state index in [4.69, 9.17) is 4.74 Å². The van der Waals surface area contributed by atoms with Gasteiger partial charge in [-0.15, -0.1) is 0 Å². The molecule has 0 aliphatic heterocycles. The van der Waals surface area contributed by atoms with Gasteiger partial charge in [-0.1, -0.05) is 24.3 Å². The van der Waals surface area contributed by atoms with Crippen molar-refractivity contribution in [3.05, 3.63) is 46.5 Å². The van der Waals surface area contributed by atoms with E-state index in [2.05, 4.69) is 22.5 Å².